The molecule has 0 spiro atoms. The number of nitrogen functional groups attached to an aromatic ring is 1. The quantitative estimate of drug-likeness (QED) is 0.829. The van der Waals surface area contributed by atoms with Crippen LogP contribution in [0.2, 0.25) is 0 Å². The minimum absolute atomic E-state index is 0.149. The van der Waals surface area contributed by atoms with Gasteiger partial charge in [-0.25, -0.2) is 21.9 Å². The molecule has 0 heterocycles. The first-order valence-electron chi connectivity index (χ1n) is 6.63. The van der Waals surface area contributed by atoms with Gasteiger partial charge in [-0.2, -0.15) is 11.8 Å². The molecule has 8 heteroatoms. The van der Waals surface area contributed by atoms with Crippen LogP contribution in [0.15, 0.2) is 17.0 Å². The summed E-state index contributed by atoms with van der Waals surface area (Å²) in [5, 5.41) is 0.368. The summed E-state index contributed by atoms with van der Waals surface area (Å²) in [6.45, 7) is 0. The van der Waals surface area contributed by atoms with Crippen molar-refractivity contribution < 1.29 is 17.2 Å². The van der Waals surface area contributed by atoms with Gasteiger partial charge in [0, 0.05) is 17.0 Å². The van der Waals surface area contributed by atoms with E-state index in [1.54, 1.807) is 11.8 Å². The molecule has 0 aromatic heterocycles. The zero-order valence-corrected chi connectivity index (χ0v) is 13.2. The van der Waals surface area contributed by atoms with Crippen LogP contribution in [0, 0.1) is 11.6 Å². The van der Waals surface area contributed by atoms with Gasteiger partial charge in [-0.15, -0.1) is 0 Å². The normalized spacial score (nSPS) is 23.2. The summed E-state index contributed by atoms with van der Waals surface area (Å²) in [4.78, 5) is -0.956. The fraction of sp³-hybridized carbons (Fsp3) is 0.538. The maximum Gasteiger partial charge on any atom is 0.246 e. The second-order valence-corrected chi connectivity index (χ2v) is 7.95. The molecular formula is C13H18F2N2O2S2. The van der Waals surface area contributed by atoms with Gasteiger partial charge >= 0.3 is 0 Å². The lowest BCUT2D eigenvalue weighted by atomic mass is 9.96. The van der Waals surface area contributed by atoms with Gasteiger partial charge in [0.1, 0.15) is 11.6 Å². The van der Waals surface area contributed by atoms with Gasteiger partial charge in [0.15, 0.2) is 4.90 Å². The van der Waals surface area contributed by atoms with Crippen LogP contribution in [0.4, 0.5) is 14.5 Å². The summed E-state index contributed by atoms with van der Waals surface area (Å²) in [6.07, 6.45) is 5.24. The predicted molar refractivity (Wildman–Crippen MR) is 80.7 cm³/mol. The third kappa shape index (κ3) is 3.87. The number of nitrogens with one attached hydrogen (secondary N) is 1. The molecule has 0 amide bonds. The number of halogens is 2. The molecule has 1 aromatic carbocycles. The molecule has 2 unspecified atom stereocenters. The number of nitrogens with two attached hydrogens (primary N) is 1. The van der Waals surface area contributed by atoms with Crippen molar-refractivity contribution in [2.75, 3.05) is 12.0 Å². The first-order chi connectivity index (χ1) is 9.83. The highest BCUT2D eigenvalue weighted by Crippen LogP contribution is 2.29. The van der Waals surface area contributed by atoms with Crippen LogP contribution in [0.3, 0.4) is 0 Å². The first kappa shape index (κ1) is 16.5. The number of hydrogen-bond donors (Lipinski definition) is 2. The summed E-state index contributed by atoms with van der Waals surface area (Å²) in [6, 6.07) is 1.32. The van der Waals surface area contributed by atoms with E-state index < -0.39 is 26.6 Å². The average Bonchev–Trinajstić information content (AvgIpc) is 2.36. The summed E-state index contributed by atoms with van der Waals surface area (Å²) in [5.74, 6) is -2.34. The largest absolute Gasteiger partial charge is 0.399 e. The van der Waals surface area contributed by atoms with E-state index in [2.05, 4.69) is 4.72 Å². The van der Waals surface area contributed by atoms with Crippen LogP contribution in [0.5, 0.6) is 0 Å². The van der Waals surface area contributed by atoms with Crippen molar-refractivity contribution in [2.45, 2.75) is 41.9 Å². The van der Waals surface area contributed by atoms with Gasteiger partial charge < -0.3 is 5.73 Å². The zero-order valence-electron chi connectivity index (χ0n) is 11.6. The van der Waals surface area contributed by atoms with Crippen LogP contribution in [-0.2, 0) is 10.0 Å². The standard InChI is InChI=1S/C13H18F2N2O2S2/c1-20-10-4-2-3-9(7-10)17-21(18,19)13-11(14)5-8(16)6-12(13)15/h5-6,9-10,17H,2-4,7,16H2,1H3. The number of thioether (sulfide) groups is 1. The van der Waals surface area contributed by atoms with Crippen LogP contribution in [0.1, 0.15) is 25.7 Å². The first-order valence-corrected chi connectivity index (χ1v) is 9.40. The Balaban J connectivity index is 2.23. The molecule has 118 valence electrons. The molecule has 1 aromatic rings. The topological polar surface area (TPSA) is 72.2 Å². The molecule has 0 bridgehead atoms. The molecule has 1 aliphatic carbocycles. The molecule has 2 rings (SSSR count). The van der Waals surface area contributed by atoms with Crippen molar-refractivity contribution >= 4 is 27.5 Å². The Morgan fingerprint density at radius 3 is 2.48 bits per heavy atom. The molecule has 2 atom stereocenters. The molecule has 1 aliphatic rings. The van der Waals surface area contributed by atoms with E-state index in [1.165, 1.54) is 0 Å². The fourth-order valence-corrected chi connectivity index (χ4v) is 4.81. The molecule has 0 saturated heterocycles. The number of benzene rings is 1. The molecule has 1 saturated carbocycles. The Hall–Kier alpha value is -0.860. The van der Waals surface area contributed by atoms with Crippen molar-refractivity contribution in [3.63, 3.8) is 0 Å². The second-order valence-electron chi connectivity index (χ2n) is 5.16. The molecule has 3 N–H and O–H groups in total. The van der Waals surface area contributed by atoms with Crippen molar-refractivity contribution in [1.82, 2.24) is 4.72 Å². The van der Waals surface area contributed by atoms with Crippen molar-refractivity contribution in [3.8, 4) is 0 Å². The van der Waals surface area contributed by atoms with Gasteiger partial charge in [0.2, 0.25) is 10.0 Å². The SMILES string of the molecule is CSC1CCCC(NS(=O)(=O)c2c(F)cc(N)cc2F)C1. The monoisotopic (exact) mass is 336 g/mol. The Kier molecular flexibility index (Phi) is 5.11. The van der Waals surface area contributed by atoms with E-state index in [1.807, 2.05) is 6.26 Å². The van der Waals surface area contributed by atoms with Gasteiger partial charge in [0.05, 0.1) is 0 Å². The summed E-state index contributed by atoms with van der Waals surface area (Å²) < 4.78 is 54.4. The highest BCUT2D eigenvalue weighted by Gasteiger charge is 2.30. The van der Waals surface area contributed by atoms with Crippen LogP contribution in [0.25, 0.3) is 0 Å². The van der Waals surface area contributed by atoms with E-state index in [9.17, 15) is 17.2 Å². The average molecular weight is 336 g/mol. The molecule has 21 heavy (non-hydrogen) atoms. The molecular weight excluding hydrogens is 318 g/mol. The minimum Gasteiger partial charge on any atom is -0.399 e. The summed E-state index contributed by atoms with van der Waals surface area (Å²) >= 11 is 1.68. The van der Waals surface area contributed by atoms with Crippen LogP contribution in [-0.4, -0.2) is 26.0 Å². The Labute approximate surface area is 127 Å². The zero-order chi connectivity index (χ0) is 15.6. The van der Waals surface area contributed by atoms with E-state index in [-0.39, 0.29) is 11.7 Å². The van der Waals surface area contributed by atoms with E-state index in [0.717, 1.165) is 25.0 Å². The summed E-state index contributed by atoms with van der Waals surface area (Å²) in [5.41, 5.74) is 5.15. The number of hydrogen-bond acceptors (Lipinski definition) is 4. The number of anilines is 1. The van der Waals surface area contributed by atoms with Gasteiger partial charge in [-0.3, -0.25) is 0 Å². The molecule has 0 radical (unpaired) electrons. The van der Waals surface area contributed by atoms with Crippen LogP contribution >= 0.6 is 11.8 Å². The van der Waals surface area contributed by atoms with Crippen LogP contribution < -0.4 is 10.5 Å². The Bertz CT molecular complexity index is 600. The fourth-order valence-electron chi connectivity index (χ4n) is 2.58. The maximum absolute atomic E-state index is 13.8. The highest BCUT2D eigenvalue weighted by atomic mass is 32.2. The lowest BCUT2D eigenvalue weighted by Crippen LogP contribution is -2.39. The lowest BCUT2D eigenvalue weighted by Gasteiger charge is -2.28. The third-order valence-electron chi connectivity index (χ3n) is 3.57. The smallest absolute Gasteiger partial charge is 0.246 e. The second kappa shape index (κ2) is 6.50. The minimum atomic E-state index is -4.23. The third-order valence-corrected chi connectivity index (χ3v) is 6.24. The predicted octanol–water partition coefficient (Wildman–Crippen LogP) is 2.50. The van der Waals surface area contributed by atoms with E-state index >= 15 is 0 Å². The molecule has 1 fully saturated rings. The van der Waals surface area contributed by atoms with Gasteiger partial charge in [-0.1, -0.05) is 6.42 Å². The number of sulfonamides is 1. The van der Waals surface area contributed by atoms with E-state index in [0.29, 0.717) is 18.1 Å². The summed E-state index contributed by atoms with van der Waals surface area (Å²) in [7, 11) is -4.23. The lowest BCUT2D eigenvalue weighted by molar-refractivity contribution is 0.418. The highest BCUT2D eigenvalue weighted by molar-refractivity contribution is 7.99. The number of rotatable bonds is 4. The van der Waals surface area contributed by atoms with Gasteiger partial charge in [0.25, 0.3) is 0 Å². The Morgan fingerprint density at radius 1 is 1.29 bits per heavy atom. The maximum atomic E-state index is 13.8. The van der Waals surface area contributed by atoms with Crippen molar-refractivity contribution in [1.29, 1.82) is 0 Å². The van der Waals surface area contributed by atoms with E-state index in [4.69, 9.17) is 5.73 Å². The molecule has 4 nitrogen and oxygen atoms in total. The molecule has 0 aliphatic heterocycles. The van der Waals surface area contributed by atoms with Crippen molar-refractivity contribution in [3.05, 3.63) is 23.8 Å². The van der Waals surface area contributed by atoms with Crippen molar-refractivity contribution in [2.24, 2.45) is 0 Å². The Morgan fingerprint density at radius 2 is 1.90 bits per heavy atom. The van der Waals surface area contributed by atoms with Gasteiger partial charge in [-0.05, 0) is 37.7 Å².